The smallest absolute Gasteiger partial charge is 0.393 e. The molecule has 1 aliphatic carbocycles. The Morgan fingerprint density at radius 2 is 1.85 bits per heavy atom. The van der Waals surface area contributed by atoms with Gasteiger partial charge in [-0.1, -0.05) is 26.7 Å². The van der Waals surface area contributed by atoms with Crippen LogP contribution in [0.3, 0.4) is 0 Å². The number of amides is 2. The molecule has 0 aromatic carbocycles. The number of rotatable bonds is 6. The summed E-state index contributed by atoms with van der Waals surface area (Å²) in [6.45, 7) is 2.91. The van der Waals surface area contributed by atoms with Gasteiger partial charge < -0.3 is 21.1 Å². The van der Waals surface area contributed by atoms with Crippen molar-refractivity contribution in [3.63, 3.8) is 0 Å². The largest absolute Gasteiger partial charge is 0.405 e. The fourth-order valence-corrected chi connectivity index (χ4v) is 5.15. The van der Waals surface area contributed by atoms with Crippen molar-refractivity contribution < 1.29 is 45.4 Å². The number of halogens is 7. The number of thiazole rings is 1. The van der Waals surface area contributed by atoms with E-state index in [2.05, 4.69) is 9.97 Å². The summed E-state index contributed by atoms with van der Waals surface area (Å²) in [6.07, 6.45) is -3.08. The number of aliphatic hydroxyl groups excluding tert-OH is 1. The summed E-state index contributed by atoms with van der Waals surface area (Å²) in [6, 6.07) is -0.239. The van der Waals surface area contributed by atoms with Gasteiger partial charge in [0, 0.05) is 29.8 Å². The van der Waals surface area contributed by atoms with Gasteiger partial charge in [0.25, 0.3) is 24.2 Å². The van der Waals surface area contributed by atoms with Crippen LogP contribution in [0, 0.1) is 0 Å². The highest BCUT2D eigenvalue weighted by Gasteiger charge is 2.46. The molecule has 2 aliphatic rings. The number of hydrogen-bond donors (Lipinski definition) is 3. The summed E-state index contributed by atoms with van der Waals surface area (Å²) in [5, 5.41) is 10.2. The van der Waals surface area contributed by atoms with Crippen molar-refractivity contribution in [2.45, 2.75) is 83.5 Å². The first-order valence-electron chi connectivity index (χ1n) is 12.8. The third-order valence-electron chi connectivity index (χ3n) is 6.04. The molecule has 1 unspecified atom stereocenters. The molecule has 2 fully saturated rings. The zero-order chi connectivity index (χ0) is 31.1. The average Bonchev–Trinajstić information content (AvgIpc) is 3.61. The number of nitrogens with zero attached hydrogens (tertiary/aromatic N) is 3. The minimum absolute atomic E-state index is 0.0463. The van der Waals surface area contributed by atoms with E-state index in [4.69, 9.17) is 10.8 Å². The number of pyridine rings is 1. The molecule has 230 valence electrons. The van der Waals surface area contributed by atoms with Crippen molar-refractivity contribution in [1.82, 2.24) is 14.9 Å². The van der Waals surface area contributed by atoms with Gasteiger partial charge in [-0.25, -0.2) is 27.5 Å². The molecule has 1 saturated carbocycles. The zero-order valence-electron chi connectivity index (χ0n) is 22.6. The first-order valence-corrected chi connectivity index (χ1v) is 13.7. The van der Waals surface area contributed by atoms with Crippen LogP contribution >= 0.6 is 11.3 Å². The molecule has 41 heavy (non-hydrogen) atoms. The molecular weight excluding hydrogens is 583 g/mol. The maximum absolute atomic E-state index is 13.8. The highest BCUT2D eigenvalue weighted by Crippen LogP contribution is 2.40. The molecule has 16 heteroatoms. The summed E-state index contributed by atoms with van der Waals surface area (Å²) < 4.78 is 92.3. The molecule has 0 spiro atoms. The number of hydrogen-bond acceptors (Lipinski definition) is 7. The molecule has 2 aromatic rings. The summed E-state index contributed by atoms with van der Waals surface area (Å²) in [7, 11) is 0. The van der Waals surface area contributed by atoms with Crippen LogP contribution in [0.2, 0.25) is 0 Å². The van der Waals surface area contributed by atoms with Gasteiger partial charge in [0.15, 0.2) is 5.01 Å². The summed E-state index contributed by atoms with van der Waals surface area (Å²) in [5.74, 6) is -5.79. The molecule has 1 atom stereocenters. The molecule has 1 aliphatic heterocycles. The van der Waals surface area contributed by atoms with E-state index in [-0.39, 0.29) is 11.0 Å². The van der Waals surface area contributed by atoms with Crippen molar-refractivity contribution in [3.05, 3.63) is 28.5 Å². The van der Waals surface area contributed by atoms with E-state index in [0.717, 1.165) is 23.9 Å². The van der Waals surface area contributed by atoms with Gasteiger partial charge in [-0.15, -0.1) is 11.3 Å². The van der Waals surface area contributed by atoms with Crippen LogP contribution in [0.1, 0.15) is 85.2 Å². The Bertz CT molecular complexity index is 1190. The first-order chi connectivity index (χ1) is 19.1. The Kier molecular flexibility index (Phi) is 11.9. The number of anilines is 1. The van der Waals surface area contributed by atoms with Gasteiger partial charge in [-0.2, -0.15) is 13.2 Å². The van der Waals surface area contributed by atoms with E-state index in [1.807, 2.05) is 19.2 Å². The second-order valence-electron chi connectivity index (χ2n) is 9.27. The Morgan fingerprint density at radius 1 is 1.24 bits per heavy atom. The van der Waals surface area contributed by atoms with Crippen LogP contribution in [0.25, 0.3) is 10.4 Å². The van der Waals surface area contributed by atoms with Gasteiger partial charge in [0.05, 0.1) is 17.5 Å². The molecule has 2 amide bonds. The Hall–Kier alpha value is -3.01. The maximum atomic E-state index is 13.8. The number of aliphatic hydroxyl groups is 1. The van der Waals surface area contributed by atoms with Crippen LogP contribution in [0.5, 0.6) is 0 Å². The van der Waals surface area contributed by atoms with E-state index in [1.54, 1.807) is 0 Å². The van der Waals surface area contributed by atoms with Gasteiger partial charge in [0.1, 0.15) is 18.1 Å². The fourth-order valence-electron chi connectivity index (χ4n) is 4.21. The number of nitrogens with one attached hydrogen (secondary N) is 1. The van der Waals surface area contributed by atoms with Crippen LogP contribution in [-0.4, -0.2) is 69.1 Å². The lowest BCUT2D eigenvalue weighted by atomic mass is 10.1. The number of carbonyl (C=O) groups is 2. The monoisotopic (exact) mass is 615 g/mol. The molecule has 0 bridgehead atoms. The summed E-state index contributed by atoms with van der Waals surface area (Å²) >= 11 is 0.470. The lowest BCUT2D eigenvalue weighted by molar-refractivity contribution is -0.115. The summed E-state index contributed by atoms with van der Waals surface area (Å²) in [4.78, 5) is 32.5. The van der Waals surface area contributed by atoms with Crippen molar-refractivity contribution in [2.75, 3.05) is 18.4 Å². The number of alkyl halides is 7. The molecule has 0 radical (unpaired) electrons. The summed E-state index contributed by atoms with van der Waals surface area (Å²) in [5.41, 5.74) is 3.43. The third kappa shape index (κ3) is 9.51. The minimum atomic E-state index is -4.63. The standard InChI is InChI=1S/C18H16F7N5O2S.C5H10O.C2H6/c1-7-3-17(21,22)6-30(7)16(32)11-12(33-15(29-11)14(26)31)9-4-27-10(2-8(9)13(19)20)28-5-18(23,24)25;6-5-3-1-2-4-5;1-2/h2,4,7,13H,3,5-6H2,1H3,(H2,26,31)(H,27,28);5-6H,1-4H2;1-2H3. The predicted molar refractivity (Wildman–Crippen MR) is 139 cm³/mol. The molecule has 3 heterocycles. The molecule has 4 rings (SSSR count). The predicted octanol–water partition coefficient (Wildman–Crippen LogP) is 6.03. The van der Waals surface area contributed by atoms with E-state index >= 15 is 0 Å². The minimum Gasteiger partial charge on any atom is -0.393 e. The van der Waals surface area contributed by atoms with Crippen LogP contribution in [0.15, 0.2) is 12.3 Å². The quantitative estimate of drug-likeness (QED) is 0.341. The number of aromatic nitrogens is 2. The molecular formula is C25H32F7N5O3S. The van der Waals surface area contributed by atoms with E-state index in [1.165, 1.54) is 19.8 Å². The second kappa shape index (κ2) is 14.2. The van der Waals surface area contributed by atoms with Gasteiger partial charge in [-0.05, 0) is 25.8 Å². The topological polar surface area (TPSA) is 121 Å². The molecule has 4 N–H and O–H groups in total. The number of nitrogens with two attached hydrogens (primary N) is 1. The number of primary amides is 1. The maximum Gasteiger partial charge on any atom is 0.405 e. The van der Waals surface area contributed by atoms with Crippen molar-refractivity contribution in [2.24, 2.45) is 5.73 Å². The van der Waals surface area contributed by atoms with Crippen molar-refractivity contribution >= 4 is 29.0 Å². The highest BCUT2D eigenvalue weighted by atomic mass is 32.1. The molecule has 2 aromatic heterocycles. The number of likely N-dealkylation sites (tertiary alicyclic amines) is 1. The normalized spacial score (nSPS) is 18.4. The fraction of sp³-hybridized carbons (Fsp3) is 0.600. The second-order valence-corrected chi connectivity index (χ2v) is 10.3. The molecule has 1 saturated heterocycles. The highest BCUT2D eigenvalue weighted by molar-refractivity contribution is 7.17. The first kappa shape index (κ1) is 34.2. The van der Waals surface area contributed by atoms with Crippen molar-refractivity contribution in [3.8, 4) is 10.4 Å². The van der Waals surface area contributed by atoms with Gasteiger partial charge >= 0.3 is 6.18 Å². The van der Waals surface area contributed by atoms with Crippen LogP contribution < -0.4 is 11.1 Å². The zero-order valence-corrected chi connectivity index (χ0v) is 23.4. The SMILES string of the molecule is CC.CC1CC(F)(F)CN1C(=O)c1nc(C(N)=O)sc1-c1cnc(NCC(F)(F)F)cc1C(F)F.OC1CCCC1. The van der Waals surface area contributed by atoms with E-state index in [9.17, 15) is 40.3 Å². The van der Waals surface area contributed by atoms with Crippen LogP contribution in [0.4, 0.5) is 36.6 Å². The van der Waals surface area contributed by atoms with E-state index < -0.39 is 83.5 Å². The van der Waals surface area contributed by atoms with Crippen LogP contribution in [-0.2, 0) is 0 Å². The van der Waals surface area contributed by atoms with Gasteiger partial charge in [0.2, 0.25) is 0 Å². The van der Waals surface area contributed by atoms with Gasteiger partial charge in [-0.3, -0.25) is 9.59 Å². The third-order valence-corrected chi connectivity index (χ3v) is 7.14. The Balaban J connectivity index is 0.000000640. The van der Waals surface area contributed by atoms with E-state index in [0.29, 0.717) is 17.4 Å². The average molecular weight is 616 g/mol. The van der Waals surface area contributed by atoms with Crippen molar-refractivity contribution in [1.29, 1.82) is 0 Å². The molecule has 8 nitrogen and oxygen atoms in total. The lowest BCUT2D eigenvalue weighted by Crippen LogP contribution is -2.35. The lowest BCUT2D eigenvalue weighted by Gasteiger charge is -2.20. The number of carbonyl (C=O) groups excluding carboxylic acids is 2. The Morgan fingerprint density at radius 3 is 2.29 bits per heavy atom. The Labute approximate surface area is 236 Å².